The van der Waals surface area contributed by atoms with Gasteiger partial charge in [-0.3, -0.25) is 14.7 Å². The van der Waals surface area contributed by atoms with Crippen molar-refractivity contribution in [1.82, 2.24) is 10.2 Å². The predicted molar refractivity (Wildman–Crippen MR) is 68.0 cm³/mol. The highest BCUT2D eigenvalue weighted by Crippen LogP contribution is 2.20. The van der Waals surface area contributed by atoms with Crippen LogP contribution in [0.25, 0.3) is 11.3 Å². The van der Waals surface area contributed by atoms with Crippen LogP contribution in [-0.2, 0) is 9.59 Å². The number of hydrogen-bond donors (Lipinski definition) is 2. The van der Waals surface area contributed by atoms with Gasteiger partial charge in [0.25, 0.3) is 0 Å². The van der Waals surface area contributed by atoms with E-state index in [1.165, 1.54) is 6.92 Å². The molecule has 2 aromatic rings. The monoisotopic (exact) mass is 243 g/mol. The van der Waals surface area contributed by atoms with Gasteiger partial charge in [-0.25, -0.2) is 0 Å². The highest BCUT2D eigenvalue weighted by molar-refractivity contribution is 6.03. The van der Waals surface area contributed by atoms with Gasteiger partial charge in [0.1, 0.15) is 5.78 Å². The Balaban J connectivity index is 2.13. The molecule has 0 saturated carbocycles. The van der Waals surface area contributed by atoms with Gasteiger partial charge in [0.05, 0.1) is 12.1 Å². The maximum atomic E-state index is 11.5. The lowest BCUT2D eigenvalue weighted by atomic mass is 10.1. The Labute approximate surface area is 104 Å². The molecule has 1 amide bonds. The number of nitrogens with one attached hydrogen (secondary N) is 2. The van der Waals surface area contributed by atoms with Crippen molar-refractivity contribution in [3.63, 3.8) is 0 Å². The third-order valence-corrected chi connectivity index (χ3v) is 2.37. The van der Waals surface area contributed by atoms with E-state index >= 15 is 0 Å². The van der Waals surface area contributed by atoms with Gasteiger partial charge in [-0.1, -0.05) is 12.1 Å². The molecule has 2 rings (SSSR count). The molecule has 1 aromatic heterocycles. The molecule has 5 heteroatoms. The minimum atomic E-state index is -0.302. The van der Waals surface area contributed by atoms with E-state index in [1.54, 1.807) is 12.3 Å². The third-order valence-electron chi connectivity index (χ3n) is 2.37. The summed E-state index contributed by atoms with van der Waals surface area (Å²) in [6.07, 6.45) is 1.56. The van der Waals surface area contributed by atoms with Crippen molar-refractivity contribution >= 4 is 17.4 Å². The second-order valence-electron chi connectivity index (χ2n) is 3.98. The van der Waals surface area contributed by atoms with E-state index in [-0.39, 0.29) is 18.1 Å². The molecule has 0 aliphatic heterocycles. The average molecular weight is 243 g/mol. The number of amides is 1. The largest absolute Gasteiger partial charge is 0.326 e. The molecule has 0 aliphatic carbocycles. The van der Waals surface area contributed by atoms with Gasteiger partial charge >= 0.3 is 0 Å². The SMILES string of the molecule is CC(=O)CC(=O)Nc1cccc(-c2ccn[nH]2)c1. The molecule has 1 heterocycles. The van der Waals surface area contributed by atoms with Crippen molar-refractivity contribution in [3.8, 4) is 11.3 Å². The zero-order chi connectivity index (χ0) is 13.0. The highest BCUT2D eigenvalue weighted by atomic mass is 16.2. The molecule has 18 heavy (non-hydrogen) atoms. The van der Waals surface area contributed by atoms with Crippen LogP contribution in [0, 0.1) is 0 Å². The van der Waals surface area contributed by atoms with E-state index < -0.39 is 0 Å². The van der Waals surface area contributed by atoms with Crippen molar-refractivity contribution < 1.29 is 9.59 Å². The van der Waals surface area contributed by atoms with E-state index in [9.17, 15) is 9.59 Å². The van der Waals surface area contributed by atoms with Gasteiger partial charge < -0.3 is 5.32 Å². The summed E-state index contributed by atoms with van der Waals surface area (Å²) in [7, 11) is 0. The second-order valence-corrected chi connectivity index (χ2v) is 3.98. The Hall–Kier alpha value is -2.43. The van der Waals surface area contributed by atoms with E-state index in [1.807, 2.05) is 24.3 Å². The maximum Gasteiger partial charge on any atom is 0.231 e. The summed E-state index contributed by atoms with van der Waals surface area (Å²) in [6.45, 7) is 1.39. The molecule has 2 N–H and O–H groups in total. The van der Waals surface area contributed by atoms with Crippen LogP contribution in [0.5, 0.6) is 0 Å². The van der Waals surface area contributed by atoms with Crippen molar-refractivity contribution in [3.05, 3.63) is 36.5 Å². The highest BCUT2D eigenvalue weighted by Gasteiger charge is 2.06. The number of Topliss-reactive ketones (excluding diaryl/α,β-unsaturated/α-hetero) is 1. The molecule has 1 aromatic carbocycles. The first-order chi connectivity index (χ1) is 8.65. The van der Waals surface area contributed by atoms with E-state index in [0.717, 1.165) is 11.3 Å². The minimum absolute atomic E-state index is 0.103. The first-order valence-electron chi connectivity index (χ1n) is 5.54. The molecular weight excluding hydrogens is 230 g/mol. The Morgan fingerprint density at radius 3 is 2.83 bits per heavy atom. The minimum Gasteiger partial charge on any atom is -0.326 e. The summed E-state index contributed by atoms with van der Waals surface area (Å²) in [5, 5.41) is 9.40. The van der Waals surface area contributed by atoms with Crippen LogP contribution in [-0.4, -0.2) is 21.9 Å². The van der Waals surface area contributed by atoms with Crippen molar-refractivity contribution in [2.75, 3.05) is 5.32 Å². The number of H-pyrrole nitrogens is 1. The number of anilines is 1. The number of ketones is 1. The molecule has 0 aliphatic rings. The normalized spacial score (nSPS) is 10.1. The summed E-state index contributed by atoms with van der Waals surface area (Å²) in [5.41, 5.74) is 2.46. The number of rotatable bonds is 4. The van der Waals surface area contributed by atoms with Gasteiger partial charge in [0, 0.05) is 17.4 Å². The lowest BCUT2D eigenvalue weighted by molar-refractivity contribution is -0.124. The number of benzene rings is 1. The summed E-state index contributed by atoms with van der Waals surface area (Å²) in [6, 6.07) is 9.19. The Morgan fingerprint density at radius 2 is 2.17 bits per heavy atom. The maximum absolute atomic E-state index is 11.5. The smallest absolute Gasteiger partial charge is 0.231 e. The fraction of sp³-hybridized carbons (Fsp3) is 0.154. The Morgan fingerprint density at radius 1 is 1.33 bits per heavy atom. The molecule has 92 valence electrons. The van der Waals surface area contributed by atoms with Crippen LogP contribution >= 0.6 is 0 Å². The summed E-state index contributed by atoms with van der Waals surface area (Å²) >= 11 is 0. The number of aromatic amines is 1. The quantitative estimate of drug-likeness (QED) is 0.806. The molecule has 0 unspecified atom stereocenters. The fourth-order valence-electron chi connectivity index (χ4n) is 1.61. The molecule has 0 saturated heterocycles. The fourth-order valence-corrected chi connectivity index (χ4v) is 1.61. The van der Waals surface area contributed by atoms with Crippen LogP contribution < -0.4 is 5.32 Å². The topological polar surface area (TPSA) is 74.8 Å². The standard InChI is InChI=1S/C13H13N3O2/c1-9(17)7-13(18)15-11-4-2-3-10(8-11)12-5-6-14-16-12/h2-6,8H,7H2,1H3,(H,14,16)(H,15,18). The third kappa shape index (κ3) is 3.04. The van der Waals surface area contributed by atoms with Crippen molar-refractivity contribution in [1.29, 1.82) is 0 Å². The summed E-state index contributed by atoms with van der Waals surface area (Å²) < 4.78 is 0. The summed E-state index contributed by atoms with van der Waals surface area (Å²) in [4.78, 5) is 22.3. The number of carbonyl (C=O) groups excluding carboxylic acids is 2. The molecule has 0 fully saturated rings. The van der Waals surface area contributed by atoms with Crippen molar-refractivity contribution in [2.24, 2.45) is 0 Å². The van der Waals surface area contributed by atoms with Crippen molar-refractivity contribution in [2.45, 2.75) is 13.3 Å². The van der Waals surface area contributed by atoms with E-state index in [2.05, 4.69) is 15.5 Å². The van der Waals surface area contributed by atoms with Crippen LogP contribution in [0.2, 0.25) is 0 Å². The average Bonchev–Trinajstić information content (AvgIpc) is 2.81. The number of aromatic nitrogens is 2. The van der Waals surface area contributed by atoms with E-state index in [4.69, 9.17) is 0 Å². The second kappa shape index (κ2) is 5.27. The zero-order valence-corrected chi connectivity index (χ0v) is 9.93. The lowest BCUT2D eigenvalue weighted by Gasteiger charge is -2.05. The van der Waals surface area contributed by atoms with Gasteiger partial charge in [0.15, 0.2) is 0 Å². The molecular formula is C13H13N3O2. The van der Waals surface area contributed by atoms with Crippen LogP contribution in [0.3, 0.4) is 0 Å². The van der Waals surface area contributed by atoms with Gasteiger partial charge in [0.2, 0.25) is 5.91 Å². The number of carbonyl (C=O) groups is 2. The Bertz CT molecular complexity index is 561. The number of hydrogen-bond acceptors (Lipinski definition) is 3. The molecule has 0 spiro atoms. The van der Waals surface area contributed by atoms with Crippen LogP contribution in [0.4, 0.5) is 5.69 Å². The Kier molecular flexibility index (Phi) is 3.52. The lowest BCUT2D eigenvalue weighted by Crippen LogP contribution is -2.14. The van der Waals surface area contributed by atoms with Crippen LogP contribution in [0.15, 0.2) is 36.5 Å². The first-order valence-corrected chi connectivity index (χ1v) is 5.54. The zero-order valence-electron chi connectivity index (χ0n) is 9.93. The summed E-state index contributed by atoms with van der Waals surface area (Å²) in [5.74, 6) is -0.457. The molecule has 0 bridgehead atoms. The van der Waals surface area contributed by atoms with Gasteiger partial charge in [-0.05, 0) is 25.1 Å². The molecule has 0 atom stereocenters. The number of nitrogens with zero attached hydrogens (tertiary/aromatic N) is 1. The molecule has 5 nitrogen and oxygen atoms in total. The first kappa shape index (κ1) is 12.0. The van der Waals surface area contributed by atoms with Crippen LogP contribution in [0.1, 0.15) is 13.3 Å². The predicted octanol–water partition coefficient (Wildman–Crippen LogP) is 1.99. The van der Waals surface area contributed by atoms with E-state index in [0.29, 0.717) is 5.69 Å². The van der Waals surface area contributed by atoms with Gasteiger partial charge in [-0.15, -0.1) is 0 Å². The van der Waals surface area contributed by atoms with Gasteiger partial charge in [-0.2, -0.15) is 5.10 Å². The molecule has 0 radical (unpaired) electrons.